The maximum absolute atomic E-state index is 12.1. The van der Waals surface area contributed by atoms with Gasteiger partial charge in [0.05, 0.1) is 15.2 Å². The summed E-state index contributed by atoms with van der Waals surface area (Å²) in [5.74, 6) is 0.152. The van der Waals surface area contributed by atoms with E-state index in [1.54, 1.807) is 25.2 Å². The molecule has 0 heterocycles. The number of carbonyl (C=O) groups is 2. The number of anilines is 1. The number of halogens is 2. The maximum atomic E-state index is 12.1. The van der Waals surface area contributed by atoms with E-state index in [2.05, 4.69) is 31.9 Å². The summed E-state index contributed by atoms with van der Waals surface area (Å²) in [5, 5.41) is 8.95. The highest BCUT2D eigenvalue weighted by Crippen LogP contribution is 2.30. The van der Waals surface area contributed by atoms with Crippen LogP contribution in [0, 0.1) is 5.92 Å². The summed E-state index contributed by atoms with van der Waals surface area (Å²) in [5.41, 5.74) is 0.629. The number of nitrogens with one attached hydrogen (secondary N) is 3. The second-order valence-electron chi connectivity index (χ2n) is 5.36. The van der Waals surface area contributed by atoms with Gasteiger partial charge in [-0.25, -0.2) is 4.79 Å². The van der Waals surface area contributed by atoms with E-state index in [9.17, 15) is 9.59 Å². The van der Waals surface area contributed by atoms with Gasteiger partial charge in [-0.3, -0.25) is 4.79 Å². The van der Waals surface area contributed by atoms with E-state index >= 15 is 0 Å². The molecule has 1 aliphatic carbocycles. The van der Waals surface area contributed by atoms with Gasteiger partial charge in [0.25, 0.3) is 0 Å². The van der Waals surface area contributed by atoms with Gasteiger partial charge in [0.15, 0.2) is 0 Å². The van der Waals surface area contributed by atoms with Crippen molar-refractivity contribution in [2.45, 2.75) is 31.7 Å². The number of urea groups is 1. The van der Waals surface area contributed by atoms with E-state index in [4.69, 9.17) is 11.6 Å². The largest absolute Gasteiger partial charge is 0.359 e. The Kier molecular flexibility index (Phi) is 6.08. The highest BCUT2D eigenvalue weighted by atomic mass is 79.9. The number of benzene rings is 1. The van der Waals surface area contributed by atoms with Crippen molar-refractivity contribution in [2.24, 2.45) is 5.92 Å². The molecule has 0 bridgehead atoms. The zero-order chi connectivity index (χ0) is 16.1. The van der Waals surface area contributed by atoms with Crippen LogP contribution in [0.4, 0.5) is 10.5 Å². The summed E-state index contributed by atoms with van der Waals surface area (Å²) < 4.78 is 0.662. The Morgan fingerprint density at radius 1 is 1.23 bits per heavy atom. The van der Waals surface area contributed by atoms with Crippen LogP contribution in [0.1, 0.15) is 25.7 Å². The molecule has 5 nitrogen and oxygen atoms in total. The zero-order valence-corrected chi connectivity index (χ0v) is 14.6. The fraction of sp³-hybridized carbons (Fsp3) is 0.467. The molecule has 2 rings (SSSR count). The smallest absolute Gasteiger partial charge is 0.319 e. The minimum absolute atomic E-state index is 0.0631. The van der Waals surface area contributed by atoms with Gasteiger partial charge in [-0.05, 0) is 53.7 Å². The summed E-state index contributed by atoms with van der Waals surface area (Å²) in [4.78, 5) is 23.6. The van der Waals surface area contributed by atoms with Crippen LogP contribution in [0.15, 0.2) is 22.7 Å². The molecule has 0 aliphatic heterocycles. The van der Waals surface area contributed by atoms with E-state index in [0.717, 1.165) is 25.7 Å². The Labute approximate surface area is 143 Å². The summed E-state index contributed by atoms with van der Waals surface area (Å²) in [7, 11) is 1.66. The van der Waals surface area contributed by atoms with Gasteiger partial charge >= 0.3 is 6.03 Å². The normalized spacial score (nSPS) is 21.0. The van der Waals surface area contributed by atoms with E-state index in [1.165, 1.54) is 0 Å². The molecule has 1 fully saturated rings. The lowest BCUT2D eigenvalue weighted by Gasteiger charge is -2.28. The van der Waals surface area contributed by atoms with Gasteiger partial charge in [-0.1, -0.05) is 17.7 Å². The summed E-state index contributed by atoms with van der Waals surface area (Å²) in [6, 6.07) is 5.13. The molecule has 0 atom stereocenters. The van der Waals surface area contributed by atoms with Gasteiger partial charge < -0.3 is 16.0 Å². The molecule has 0 spiro atoms. The van der Waals surface area contributed by atoms with Crippen molar-refractivity contribution in [3.05, 3.63) is 27.7 Å². The van der Waals surface area contributed by atoms with Crippen LogP contribution in [-0.4, -0.2) is 25.0 Å². The van der Waals surface area contributed by atoms with Crippen LogP contribution < -0.4 is 16.0 Å². The number of hydrogen-bond acceptors (Lipinski definition) is 2. The highest BCUT2D eigenvalue weighted by Gasteiger charge is 2.26. The third kappa shape index (κ3) is 4.36. The molecule has 3 N–H and O–H groups in total. The molecule has 1 aromatic carbocycles. The Bertz CT molecular complexity index is 560. The average Bonchev–Trinajstić information content (AvgIpc) is 2.52. The highest BCUT2D eigenvalue weighted by molar-refractivity contribution is 9.10. The van der Waals surface area contributed by atoms with E-state index in [1.807, 2.05) is 0 Å². The minimum Gasteiger partial charge on any atom is -0.359 e. The lowest BCUT2D eigenvalue weighted by molar-refractivity contribution is -0.125. The first-order valence-electron chi connectivity index (χ1n) is 7.24. The van der Waals surface area contributed by atoms with Crippen molar-refractivity contribution in [1.29, 1.82) is 0 Å². The predicted octanol–water partition coefficient (Wildman–Crippen LogP) is 3.53. The van der Waals surface area contributed by atoms with E-state index < -0.39 is 0 Å². The van der Waals surface area contributed by atoms with Gasteiger partial charge in [0.2, 0.25) is 5.91 Å². The molecule has 0 saturated heterocycles. The molecule has 0 unspecified atom stereocenters. The van der Waals surface area contributed by atoms with Crippen molar-refractivity contribution in [3.8, 4) is 0 Å². The predicted molar refractivity (Wildman–Crippen MR) is 91.1 cm³/mol. The fourth-order valence-corrected chi connectivity index (χ4v) is 3.19. The Morgan fingerprint density at radius 2 is 1.91 bits per heavy atom. The molecule has 120 valence electrons. The van der Waals surface area contributed by atoms with Crippen LogP contribution in [-0.2, 0) is 4.79 Å². The molecule has 7 heteroatoms. The van der Waals surface area contributed by atoms with Crippen LogP contribution in [0.2, 0.25) is 5.02 Å². The maximum Gasteiger partial charge on any atom is 0.319 e. The van der Waals surface area contributed by atoms with Crippen LogP contribution in [0.3, 0.4) is 0 Å². The number of rotatable bonds is 3. The minimum atomic E-state index is -0.258. The second-order valence-corrected chi connectivity index (χ2v) is 6.56. The topological polar surface area (TPSA) is 70.2 Å². The standard InChI is InChI=1S/C15H19BrClN3O2/c1-18-14(21)9-5-7-10(8-6-9)19-15(22)20-12-4-2-3-11(17)13(12)16/h2-4,9-10H,5-8H2,1H3,(H,18,21)(H2,19,20,22). The molecule has 22 heavy (non-hydrogen) atoms. The first kappa shape index (κ1) is 17.1. The molecule has 0 radical (unpaired) electrons. The number of carbonyl (C=O) groups excluding carboxylic acids is 2. The van der Waals surface area contributed by atoms with Gasteiger partial charge in [0.1, 0.15) is 0 Å². The lowest BCUT2D eigenvalue weighted by Crippen LogP contribution is -2.42. The van der Waals surface area contributed by atoms with Crippen molar-refractivity contribution < 1.29 is 9.59 Å². The van der Waals surface area contributed by atoms with Crippen molar-refractivity contribution in [2.75, 3.05) is 12.4 Å². The summed E-state index contributed by atoms with van der Waals surface area (Å²) >= 11 is 9.34. The number of amides is 3. The van der Waals surface area contributed by atoms with Crippen LogP contribution >= 0.6 is 27.5 Å². The van der Waals surface area contributed by atoms with Crippen molar-refractivity contribution in [3.63, 3.8) is 0 Å². The fourth-order valence-electron chi connectivity index (χ4n) is 2.65. The number of hydrogen-bond donors (Lipinski definition) is 3. The Morgan fingerprint density at radius 3 is 2.55 bits per heavy atom. The van der Waals surface area contributed by atoms with Crippen LogP contribution in [0.25, 0.3) is 0 Å². The van der Waals surface area contributed by atoms with Crippen LogP contribution in [0.5, 0.6) is 0 Å². The monoisotopic (exact) mass is 387 g/mol. The van der Waals surface area contributed by atoms with Crippen molar-refractivity contribution >= 4 is 45.2 Å². The average molecular weight is 389 g/mol. The first-order chi connectivity index (χ1) is 10.5. The van der Waals surface area contributed by atoms with Gasteiger partial charge in [0, 0.05) is 19.0 Å². The van der Waals surface area contributed by atoms with E-state index in [0.29, 0.717) is 15.2 Å². The molecular formula is C15H19BrClN3O2. The van der Waals surface area contributed by atoms with Gasteiger partial charge in [-0.2, -0.15) is 0 Å². The lowest BCUT2D eigenvalue weighted by atomic mass is 9.85. The third-order valence-electron chi connectivity index (χ3n) is 3.88. The Hall–Kier alpha value is -1.27. The molecular weight excluding hydrogens is 370 g/mol. The zero-order valence-electron chi connectivity index (χ0n) is 12.3. The van der Waals surface area contributed by atoms with Gasteiger partial charge in [-0.15, -0.1) is 0 Å². The first-order valence-corrected chi connectivity index (χ1v) is 8.41. The molecule has 1 aromatic rings. The Balaban J connectivity index is 1.83. The molecule has 1 aliphatic rings. The SMILES string of the molecule is CNC(=O)C1CCC(NC(=O)Nc2cccc(Cl)c2Br)CC1. The summed E-state index contributed by atoms with van der Waals surface area (Å²) in [6.07, 6.45) is 3.21. The van der Waals surface area contributed by atoms with Crippen molar-refractivity contribution in [1.82, 2.24) is 10.6 Å². The second kappa shape index (κ2) is 7.83. The molecule has 0 aromatic heterocycles. The van der Waals surface area contributed by atoms with E-state index in [-0.39, 0.29) is 23.9 Å². The molecule has 3 amide bonds. The third-order valence-corrected chi connectivity index (χ3v) is 5.28. The summed E-state index contributed by atoms with van der Waals surface area (Å²) in [6.45, 7) is 0. The quantitative estimate of drug-likeness (QED) is 0.741. The molecule has 1 saturated carbocycles.